The van der Waals surface area contributed by atoms with Gasteiger partial charge in [0.1, 0.15) is 0 Å². The van der Waals surface area contributed by atoms with Gasteiger partial charge >= 0.3 is 0 Å². The molecule has 2 heterocycles. The molecule has 1 aromatic carbocycles. The molecule has 0 aliphatic heterocycles. The largest absolute Gasteiger partial charge is 0.241 e. The Labute approximate surface area is 146 Å². The molecule has 0 saturated heterocycles. The standard InChI is InChI=1S/C17H19N3O2S2/c1-12-6-4-5-7-17(12)20-14(3)16(10-18-20)13(2)19-24(21,22)15-8-9-23-11-15/h4-11,13,19H,1-3H3/t13-/m0/s1. The van der Waals surface area contributed by atoms with Gasteiger partial charge in [-0.2, -0.15) is 16.4 Å². The fourth-order valence-electron chi connectivity index (χ4n) is 2.66. The molecule has 0 bridgehead atoms. The molecular formula is C17H19N3O2S2. The van der Waals surface area contributed by atoms with Gasteiger partial charge in [-0.15, -0.1) is 0 Å². The molecule has 126 valence electrons. The van der Waals surface area contributed by atoms with Crippen LogP contribution in [-0.2, 0) is 10.0 Å². The zero-order valence-electron chi connectivity index (χ0n) is 13.7. The number of thiophene rings is 1. The average Bonchev–Trinajstić information content (AvgIpc) is 3.17. The summed E-state index contributed by atoms with van der Waals surface area (Å²) in [5.74, 6) is 0. The van der Waals surface area contributed by atoms with E-state index in [9.17, 15) is 8.42 Å². The lowest BCUT2D eigenvalue weighted by Crippen LogP contribution is -2.26. The van der Waals surface area contributed by atoms with Crippen LogP contribution >= 0.6 is 11.3 Å². The number of nitrogens with one attached hydrogen (secondary N) is 1. The Balaban J connectivity index is 1.90. The van der Waals surface area contributed by atoms with Crippen LogP contribution in [0.1, 0.15) is 29.8 Å². The van der Waals surface area contributed by atoms with Gasteiger partial charge in [-0.25, -0.2) is 17.8 Å². The molecule has 3 aromatic rings. The highest BCUT2D eigenvalue weighted by Gasteiger charge is 2.22. The number of hydrogen-bond acceptors (Lipinski definition) is 4. The van der Waals surface area contributed by atoms with Gasteiger partial charge in [0.25, 0.3) is 0 Å². The molecule has 0 unspecified atom stereocenters. The minimum atomic E-state index is -3.52. The molecule has 5 nitrogen and oxygen atoms in total. The molecule has 0 aliphatic carbocycles. The molecule has 3 rings (SSSR count). The van der Waals surface area contributed by atoms with E-state index in [1.165, 1.54) is 11.3 Å². The van der Waals surface area contributed by atoms with Gasteiger partial charge in [0.2, 0.25) is 10.0 Å². The Morgan fingerprint density at radius 1 is 1.21 bits per heavy atom. The van der Waals surface area contributed by atoms with Crippen molar-refractivity contribution in [2.75, 3.05) is 0 Å². The lowest BCUT2D eigenvalue weighted by atomic mass is 10.1. The van der Waals surface area contributed by atoms with Crippen molar-refractivity contribution in [3.8, 4) is 5.69 Å². The first-order valence-electron chi connectivity index (χ1n) is 7.55. The van der Waals surface area contributed by atoms with Crippen molar-refractivity contribution < 1.29 is 8.42 Å². The fraction of sp³-hybridized carbons (Fsp3) is 0.235. The van der Waals surface area contributed by atoms with Crippen LogP contribution in [0.25, 0.3) is 5.69 Å². The van der Waals surface area contributed by atoms with Crippen LogP contribution < -0.4 is 4.72 Å². The van der Waals surface area contributed by atoms with Crippen LogP contribution in [0.15, 0.2) is 52.2 Å². The second-order valence-electron chi connectivity index (χ2n) is 5.69. The molecule has 0 spiro atoms. The van der Waals surface area contributed by atoms with Crippen molar-refractivity contribution in [2.45, 2.75) is 31.7 Å². The summed E-state index contributed by atoms with van der Waals surface area (Å²) < 4.78 is 29.3. The Kier molecular flexibility index (Phi) is 4.58. The highest BCUT2D eigenvalue weighted by Crippen LogP contribution is 2.24. The van der Waals surface area contributed by atoms with E-state index in [4.69, 9.17) is 0 Å². The van der Waals surface area contributed by atoms with E-state index in [2.05, 4.69) is 9.82 Å². The van der Waals surface area contributed by atoms with Crippen LogP contribution in [0.5, 0.6) is 0 Å². The lowest BCUT2D eigenvalue weighted by Gasteiger charge is -2.14. The van der Waals surface area contributed by atoms with Gasteiger partial charge in [-0.3, -0.25) is 0 Å². The summed E-state index contributed by atoms with van der Waals surface area (Å²) in [4.78, 5) is 0.295. The highest BCUT2D eigenvalue weighted by atomic mass is 32.2. The van der Waals surface area contributed by atoms with Gasteiger partial charge in [0, 0.05) is 22.7 Å². The maximum absolute atomic E-state index is 12.4. The van der Waals surface area contributed by atoms with Crippen molar-refractivity contribution >= 4 is 21.4 Å². The Hall–Kier alpha value is -1.96. The van der Waals surface area contributed by atoms with E-state index in [0.717, 1.165) is 22.5 Å². The molecule has 0 saturated carbocycles. The predicted molar refractivity (Wildman–Crippen MR) is 96.1 cm³/mol. The van der Waals surface area contributed by atoms with Crippen LogP contribution in [0.3, 0.4) is 0 Å². The molecule has 0 fully saturated rings. The summed E-state index contributed by atoms with van der Waals surface area (Å²) in [5.41, 5.74) is 3.89. The summed E-state index contributed by atoms with van der Waals surface area (Å²) in [7, 11) is -3.52. The summed E-state index contributed by atoms with van der Waals surface area (Å²) in [5, 5.41) is 7.82. The monoisotopic (exact) mass is 361 g/mol. The molecule has 24 heavy (non-hydrogen) atoms. The number of rotatable bonds is 5. The molecule has 1 atom stereocenters. The van der Waals surface area contributed by atoms with Crippen molar-refractivity contribution in [2.24, 2.45) is 0 Å². The fourth-order valence-corrected chi connectivity index (χ4v) is 4.91. The number of para-hydroxylation sites is 1. The summed E-state index contributed by atoms with van der Waals surface area (Å²) in [6, 6.07) is 9.21. The molecule has 1 N–H and O–H groups in total. The quantitative estimate of drug-likeness (QED) is 0.755. The SMILES string of the molecule is Cc1ccccc1-n1ncc([C@H](C)NS(=O)(=O)c2ccsc2)c1C. The van der Waals surface area contributed by atoms with Gasteiger partial charge in [0.15, 0.2) is 0 Å². The van der Waals surface area contributed by atoms with Crippen molar-refractivity contribution in [1.29, 1.82) is 0 Å². The van der Waals surface area contributed by atoms with Crippen LogP contribution in [0, 0.1) is 13.8 Å². The minimum Gasteiger partial charge on any atom is -0.238 e. The minimum absolute atomic E-state index is 0.295. The lowest BCUT2D eigenvalue weighted by molar-refractivity contribution is 0.567. The first kappa shape index (κ1) is 16.9. The third-order valence-corrected chi connectivity index (χ3v) is 6.37. The van der Waals surface area contributed by atoms with Gasteiger partial charge in [-0.05, 0) is 43.8 Å². The summed E-state index contributed by atoms with van der Waals surface area (Å²) in [6.45, 7) is 5.80. The molecule has 2 aromatic heterocycles. The maximum Gasteiger partial charge on any atom is 0.241 e. The zero-order valence-corrected chi connectivity index (χ0v) is 15.4. The first-order valence-corrected chi connectivity index (χ1v) is 9.98. The molecule has 0 radical (unpaired) electrons. The molecular weight excluding hydrogens is 342 g/mol. The summed E-state index contributed by atoms with van der Waals surface area (Å²) in [6.07, 6.45) is 1.72. The smallest absolute Gasteiger partial charge is 0.238 e. The maximum atomic E-state index is 12.4. The van der Waals surface area contributed by atoms with Gasteiger partial charge in [0.05, 0.1) is 16.8 Å². The first-order chi connectivity index (χ1) is 11.4. The molecule has 0 aliphatic rings. The Bertz CT molecular complexity index is 944. The number of hydrogen-bond donors (Lipinski definition) is 1. The number of nitrogens with zero attached hydrogens (tertiary/aromatic N) is 2. The number of aryl methyl sites for hydroxylation is 1. The van der Waals surface area contributed by atoms with Crippen molar-refractivity contribution in [1.82, 2.24) is 14.5 Å². The average molecular weight is 361 g/mol. The van der Waals surface area contributed by atoms with Gasteiger partial charge in [-0.1, -0.05) is 18.2 Å². The highest BCUT2D eigenvalue weighted by molar-refractivity contribution is 7.89. The normalized spacial score (nSPS) is 13.1. The second-order valence-corrected chi connectivity index (χ2v) is 8.18. The number of aromatic nitrogens is 2. The van der Waals surface area contributed by atoms with Crippen molar-refractivity contribution in [3.63, 3.8) is 0 Å². The molecule has 0 amide bonds. The van der Waals surface area contributed by atoms with E-state index in [1.807, 2.05) is 49.7 Å². The Morgan fingerprint density at radius 3 is 2.62 bits per heavy atom. The topological polar surface area (TPSA) is 64.0 Å². The number of sulfonamides is 1. The van der Waals surface area contributed by atoms with Crippen LogP contribution in [0.2, 0.25) is 0 Å². The van der Waals surface area contributed by atoms with E-state index < -0.39 is 10.0 Å². The van der Waals surface area contributed by atoms with E-state index in [0.29, 0.717) is 4.90 Å². The van der Waals surface area contributed by atoms with Crippen LogP contribution in [-0.4, -0.2) is 18.2 Å². The van der Waals surface area contributed by atoms with Crippen molar-refractivity contribution in [3.05, 3.63) is 64.1 Å². The zero-order chi connectivity index (χ0) is 17.3. The van der Waals surface area contributed by atoms with Crippen LogP contribution in [0.4, 0.5) is 0 Å². The second kappa shape index (κ2) is 6.51. The van der Waals surface area contributed by atoms with Gasteiger partial charge < -0.3 is 0 Å². The summed E-state index contributed by atoms with van der Waals surface area (Å²) >= 11 is 1.36. The third kappa shape index (κ3) is 3.15. The third-order valence-electron chi connectivity index (χ3n) is 4.00. The Morgan fingerprint density at radius 2 is 1.96 bits per heavy atom. The van der Waals surface area contributed by atoms with E-state index in [-0.39, 0.29) is 6.04 Å². The number of benzene rings is 1. The molecule has 7 heteroatoms. The van der Waals surface area contributed by atoms with E-state index in [1.54, 1.807) is 23.0 Å². The predicted octanol–water partition coefficient (Wildman–Crippen LogP) is 3.59. The van der Waals surface area contributed by atoms with E-state index >= 15 is 0 Å².